The minimum atomic E-state index is -1.14. The first-order chi connectivity index (χ1) is 11.5. The van der Waals surface area contributed by atoms with E-state index in [4.69, 9.17) is 4.74 Å². The van der Waals surface area contributed by atoms with Gasteiger partial charge in [0.05, 0.1) is 6.61 Å². The number of carboxylic acid groups (broad SMARTS) is 1. The largest absolute Gasteiger partial charge is 0.493 e. The molecular formula is C17H19N3O4. The van der Waals surface area contributed by atoms with Gasteiger partial charge in [0, 0.05) is 12.1 Å². The SMILES string of the molecule is CC(C)c1cc(C(=O)NC(C(=O)O)c2ccc3c(c2)CCO3)n[nH]1. The average Bonchev–Trinajstić information content (AvgIpc) is 3.20. The molecule has 0 saturated carbocycles. The van der Waals surface area contributed by atoms with Crippen LogP contribution >= 0.6 is 0 Å². The Kier molecular flexibility index (Phi) is 4.24. The van der Waals surface area contributed by atoms with E-state index >= 15 is 0 Å². The van der Waals surface area contributed by atoms with Gasteiger partial charge in [0.1, 0.15) is 11.4 Å². The zero-order valence-electron chi connectivity index (χ0n) is 13.5. The summed E-state index contributed by atoms with van der Waals surface area (Å²) >= 11 is 0. The Labute approximate surface area is 139 Å². The lowest BCUT2D eigenvalue weighted by Gasteiger charge is -2.15. The summed E-state index contributed by atoms with van der Waals surface area (Å²) in [5, 5.41) is 18.8. The van der Waals surface area contributed by atoms with Gasteiger partial charge in [0.25, 0.3) is 5.91 Å². The summed E-state index contributed by atoms with van der Waals surface area (Å²) in [6.45, 7) is 4.54. The number of hydrogen-bond donors (Lipinski definition) is 3. The highest BCUT2D eigenvalue weighted by atomic mass is 16.5. The van der Waals surface area contributed by atoms with Gasteiger partial charge in [-0.05, 0) is 35.2 Å². The monoisotopic (exact) mass is 329 g/mol. The fraction of sp³-hybridized carbons (Fsp3) is 0.353. The van der Waals surface area contributed by atoms with E-state index in [9.17, 15) is 14.7 Å². The standard InChI is InChI=1S/C17H19N3O4/c1-9(2)12-8-13(20-19-12)16(21)18-15(17(22)23)11-3-4-14-10(7-11)5-6-24-14/h3-4,7-9,15H,5-6H2,1-2H3,(H,18,21)(H,19,20)(H,22,23). The van der Waals surface area contributed by atoms with E-state index in [2.05, 4.69) is 15.5 Å². The van der Waals surface area contributed by atoms with Gasteiger partial charge >= 0.3 is 5.97 Å². The Bertz CT molecular complexity index is 782. The van der Waals surface area contributed by atoms with Gasteiger partial charge in [0.2, 0.25) is 0 Å². The lowest BCUT2D eigenvalue weighted by atomic mass is 10.0. The van der Waals surface area contributed by atoms with Crippen molar-refractivity contribution in [2.24, 2.45) is 0 Å². The van der Waals surface area contributed by atoms with Crippen LogP contribution in [0.1, 0.15) is 53.1 Å². The predicted octanol–water partition coefficient (Wildman–Crippen LogP) is 2.02. The van der Waals surface area contributed by atoms with E-state index < -0.39 is 17.9 Å². The number of nitrogens with zero attached hydrogens (tertiary/aromatic N) is 1. The summed E-state index contributed by atoms with van der Waals surface area (Å²) in [5.74, 6) is -0.682. The van der Waals surface area contributed by atoms with Crippen LogP contribution in [0, 0.1) is 0 Å². The molecule has 2 aromatic rings. The molecule has 7 heteroatoms. The molecule has 1 unspecified atom stereocenters. The van der Waals surface area contributed by atoms with Crippen LogP contribution in [-0.2, 0) is 11.2 Å². The van der Waals surface area contributed by atoms with Crippen molar-refractivity contribution in [2.75, 3.05) is 6.61 Å². The molecule has 3 rings (SSSR count). The number of carbonyl (C=O) groups is 2. The number of nitrogens with one attached hydrogen (secondary N) is 2. The van der Waals surface area contributed by atoms with Gasteiger partial charge in [-0.15, -0.1) is 0 Å². The molecule has 0 saturated heterocycles. The zero-order chi connectivity index (χ0) is 17.3. The molecule has 3 N–H and O–H groups in total. The summed E-state index contributed by atoms with van der Waals surface area (Å²) in [4.78, 5) is 23.9. The van der Waals surface area contributed by atoms with Gasteiger partial charge < -0.3 is 15.2 Å². The topological polar surface area (TPSA) is 104 Å². The van der Waals surface area contributed by atoms with Crippen molar-refractivity contribution in [2.45, 2.75) is 32.2 Å². The van der Waals surface area contributed by atoms with Gasteiger partial charge in [-0.1, -0.05) is 19.9 Å². The molecule has 0 radical (unpaired) electrons. The van der Waals surface area contributed by atoms with E-state index in [0.717, 1.165) is 23.4 Å². The van der Waals surface area contributed by atoms with E-state index in [1.165, 1.54) is 0 Å². The number of amides is 1. The van der Waals surface area contributed by atoms with E-state index in [-0.39, 0.29) is 11.6 Å². The molecule has 1 aliphatic rings. The molecule has 1 amide bonds. The molecule has 1 aromatic carbocycles. The fourth-order valence-electron chi connectivity index (χ4n) is 2.63. The minimum absolute atomic E-state index is 0.175. The van der Waals surface area contributed by atoms with Crippen molar-refractivity contribution >= 4 is 11.9 Å². The zero-order valence-corrected chi connectivity index (χ0v) is 13.5. The van der Waals surface area contributed by atoms with Crippen molar-refractivity contribution < 1.29 is 19.4 Å². The average molecular weight is 329 g/mol. The maximum Gasteiger partial charge on any atom is 0.330 e. The van der Waals surface area contributed by atoms with E-state index in [1.54, 1.807) is 24.3 Å². The minimum Gasteiger partial charge on any atom is -0.493 e. The normalized spacial score (nSPS) is 14.1. The number of benzene rings is 1. The third-order valence-corrected chi connectivity index (χ3v) is 4.02. The van der Waals surface area contributed by atoms with Crippen LogP contribution in [0.5, 0.6) is 5.75 Å². The number of H-pyrrole nitrogens is 1. The summed E-state index contributed by atoms with van der Waals surface area (Å²) in [6.07, 6.45) is 0.737. The van der Waals surface area contributed by atoms with Crippen molar-refractivity contribution in [3.63, 3.8) is 0 Å². The van der Waals surface area contributed by atoms with Gasteiger partial charge in [-0.25, -0.2) is 4.79 Å². The van der Waals surface area contributed by atoms with Gasteiger partial charge in [0.15, 0.2) is 6.04 Å². The Morgan fingerprint density at radius 1 is 1.33 bits per heavy atom. The second-order valence-corrected chi connectivity index (χ2v) is 6.07. The highest BCUT2D eigenvalue weighted by molar-refractivity contribution is 5.95. The van der Waals surface area contributed by atoms with Crippen LogP contribution in [0.3, 0.4) is 0 Å². The molecule has 7 nitrogen and oxygen atoms in total. The third kappa shape index (κ3) is 3.10. The highest BCUT2D eigenvalue weighted by Gasteiger charge is 2.25. The highest BCUT2D eigenvalue weighted by Crippen LogP contribution is 2.28. The van der Waals surface area contributed by atoms with Crippen LogP contribution in [0.4, 0.5) is 0 Å². The van der Waals surface area contributed by atoms with Crippen molar-refractivity contribution in [3.8, 4) is 5.75 Å². The second-order valence-electron chi connectivity index (χ2n) is 6.07. The fourth-order valence-corrected chi connectivity index (χ4v) is 2.63. The number of ether oxygens (including phenoxy) is 1. The number of aromatic amines is 1. The molecule has 24 heavy (non-hydrogen) atoms. The Morgan fingerprint density at radius 3 is 2.79 bits per heavy atom. The van der Waals surface area contributed by atoms with Crippen LogP contribution in [0.15, 0.2) is 24.3 Å². The summed E-state index contributed by atoms with van der Waals surface area (Å²) in [5.41, 5.74) is 2.46. The Morgan fingerprint density at radius 2 is 2.12 bits per heavy atom. The van der Waals surface area contributed by atoms with E-state index in [1.807, 2.05) is 13.8 Å². The molecule has 2 heterocycles. The lowest BCUT2D eigenvalue weighted by Crippen LogP contribution is -2.34. The number of carboxylic acids is 1. The summed E-state index contributed by atoms with van der Waals surface area (Å²) < 4.78 is 5.42. The first-order valence-electron chi connectivity index (χ1n) is 7.80. The molecule has 126 valence electrons. The third-order valence-electron chi connectivity index (χ3n) is 4.02. The van der Waals surface area contributed by atoms with Crippen LogP contribution in [0.2, 0.25) is 0 Å². The number of fused-ring (bicyclic) bond motifs is 1. The maximum absolute atomic E-state index is 12.3. The number of rotatable bonds is 5. The number of aliphatic carboxylic acids is 1. The van der Waals surface area contributed by atoms with E-state index in [0.29, 0.717) is 12.2 Å². The predicted molar refractivity (Wildman–Crippen MR) is 86.2 cm³/mol. The first-order valence-corrected chi connectivity index (χ1v) is 7.80. The molecule has 0 aliphatic carbocycles. The van der Waals surface area contributed by atoms with Crippen molar-refractivity contribution in [1.82, 2.24) is 15.5 Å². The molecule has 0 fully saturated rings. The van der Waals surface area contributed by atoms with Crippen molar-refractivity contribution in [3.05, 3.63) is 46.8 Å². The quantitative estimate of drug-likeness (QED) is 0.778. The molecule has 0 bridgehead atoms. The summed E-state index contributed by atoms with van der Waals surface area (Å²) in [6, 6.07) is 5.67. The van der Waals surface area contributed by atoms with Crippen LogP contribution in [0.25, 0.3) is 0 Å². The Hall–Kier alpha value is -2.83. The van der Waals surface area contributed by atoms with Crippen molar-refractivity contribution in [1.29, 1.82) is 0 Å². The first kappa shape index (κ1) is 16.0. The van der Waals surface area contributed by atoms with Gasteiger partial charge in [-0.3, -0.25) is 9.89 Å². The molecule has 1 aliphatic heterocycles. The lowest BCUT2D eigenvalue weighted by molar-refractivity contribution is -0.139. The van der Waals surface area contributed by atoms with Crippen LogP contribution in [-0.4, -0.2) is 33.8 Å². The number of carbonyl (C=O) groups excluding carboxylic acids is 1. The van der Waals surface area contributed by atoms with Crippen LogP contribution < -0.4 is 10.1 Å². The second kappa shape index (κ2) is 6.35. The smallest absolute Gasteiger partial charge is 0.330 e. The Balaban J connectivity index is 1.81. The number of aromatic nitrogens is 2. The molecule has 1 aromatic heterocycles. The summed E-state index contributed by atoms with van der Waals surface area (Å²) in [7, 11) is 0. The van der Waals surface area contributed by atoms with Gasteiger partial charge in [-0.2, -0.15) is 5.10 Å². The molecule has 1 atom stereocenters. The molecule has 0 spiro atoms. The molecular weight excluding hydrogens is 310 g/mol. The number of hydrogen-bond acceptors (Lipinski definition) is 4. The maximum atomic E-state index is 12.3.